The van der Waals surface area contributed by atoms with E-state index in [0.717, 1.165) is 6.54 Å². The minimum absolute atomic E-state index is 0.261. The molecule has 0 saturated carbocycles. The Bertz CT molecular complexity index is 555. The molecule has 7 heteroatoms. The van der Waals surface area contributed by atoms with Gasteiger partial charge in [0, 0.05) is 25.1 Å². The Morgan fingerprint density at radius 3 is 3.00 bits per heavy atom. The van der Waals surface area contributed by atoms with Gasteiger partial charge in [-0.2, -0.15) is 0 Å². The van der Waals surface area contributed by atoms with Crippen molar-refractivity contribution < 1.29 is 4.79 Å². The lowest BCUT2D eigenvalue weighted by Crippen LogP contribution is -2.24. The van der Waals surface area contributed by atoms with Gasteiger partial charge < -0.3 is 15.6 Å². The van der Waals surface area contributed by atoms with E-state index in [9.17, 15) is 4.79 Å². The Balaban J connectivity index is 2.07. The number of nitrogens with zero attached hydrogens (tertiary/aromatic N) is 2. The fourth-order valence-electron chi connectivity index (χ4n) is 1.54. The number of H-pyrrole nitrogens is 1. The number of halogens is 1. The molecule has 19 heavy (non-hydrogen) atoms. The van der Waals surface area contributed by atoms with Gasteiger partial charge in [0.2, 0.25) is 0 Å². The summed E-state index contributed by atoms with van der Waals surface area (Å²) in [4.78, 5) is 23.0. The number of anilines is 1. The van der Waals surface area contributed by atoms with E-state index < -0.39 is 0 Å². The van der Waals surface area contributed by atoms with Gasteiger partial charge in [0.15, 0.2) is 0 Å². The van der Waals surface area contributed by atoms with Crippen molar-refractivity contribution in [3.63, 3.8) is 0 Å². The summed E-state index contributed by atoms with van der Waals surface area (Å²) in [5, 5.41) is 6.09. The molecule has 1 amide bonds. The van der Waals surface area contributed by atoms with E-state index >= 15 is 0 Å². The summed E-state index contributed by atoms with van der Waals surface area (Å²) in [6.07, 6.45) is 4.79. The zero-order chi connectivity index (χ0) is 13.7. The van der Waals surface area contributed by atoms with Crippen LogP contribution in [0.3, 0.4) is 0 Å². The smallest absolute Gasteiger partial charge is 0.253 e. The number of aromatic nitrogens is 3. The van der Waals surface area contributed by atoms with Gasteiger partial charge in [0.25, 0.3) is 5.91 Å². The summed E-state index contributed by atoms with van der Waals surface area (Å²) in [5.41, 5.74) is 0.388. The third-order valence-electron chi connectivity index (χ3n) is 2.43. The van der Waals surface area contributed by atoms with Crippen molar-refractivity contribution in [2.24, 2.45) is 0 Å². The third kappa shape index (κ3) is 3.45. The SMILES string of the molecule is CCNc1cc(C(=O)NCc2ncc[nH]2)c(Cl)cn1. The second-order valence-electron chi connectivity index (χ2n) is 3.80. The zero-order valence-corrected chi connectivity index (χ0v) is 11.2. The number of carbonyl (C=O) groups is 1. The van der Waals surface area contributed by atoms with Crippen LogP contribution in [0.2, 0.25) is 5.02 Å². The Labute approximate surface area is 115 Å². The summed E-state index contributed by atoms with van der Waals surface area (Å²) in [6.45, 7) is 3.00. The fraction of sp³-hybridized carbons (Fsp3) is 0.250. The lowest BCUT2D eigenvalue weighted by molar-refractivity contribution is 0.0950. The number of hydrogen-bond donors (Lipinski definition) is 3. The van der Waals surface area contributed by atoms with E-state index in [0.29, 0.717) is 28.8 Å². The van der Waals surface area contributed by atoms with Crippen LogP contribution in [0.25, 0.3) is 0 Å². The molecule has 0 aliphatic heterocycles. The number of pyridine rings is 1. The molecule has 0 aliphatic rings. The average molecular weight is 280 g/mol. The summed E-state index contributed by atoms with van der Waals surface area (Å²) in [6, 6.07) is 1.63. The first kappa shape index (κ1) is 13.4. The van der Waals surface area contributed by atoms with Gasteiger partial charge in [-0.25, -0.2) is 9.97 Å². The van der Waals surface area contributed by atoms with Crippen molar-refractivity contribution in [1.29, 1.82) is 0 Å². The van der Waals surface area contributed by atoms with E-state index in [1.807, 2.05) is 6.92 Å². The number of carbonyl (C=O) groups excluding carboxylic acids is 1. The second-order valence-corrected chi connectivity index (χ2v) is 4.21. The Kier molecular flexibility index (Phi) is 4.35. The van der Waals surface area contributed by atoms with E-state index in [1.54, 1.807) is 18.5 Å². The van der Waals surface area contributed by atoms with Crippen LogP contribution < -0.4 is 10.6 Å². The van der Waals surface area contributed by atoms with Crippen LogP contribution in [0.5, 0.6) is 0 Å². The summed E-state index contributed by atoms with van der Waals surface area (Å²) in [7, 11) is 0. The normalized spacial score (nSPS) is 10.2. The van der Waals surface area contributed by atoms with Crippen LogP contribution in [0, 0.1) is 0 Å². The minimum atomic E-state index is -0.261. The van der Waals surface area contributed by atoms with Crippen molar-refractivity contribution >= 4 is 23.3 Å². The zero-order valence-electron chi connectivity index (χ0n) is 10.4. The number of aromatic amines is 1. The monoisotopic (exact) mass is 279 g/mol. The van der Waals surface area contributed by atoms with E-state index in [2.05, 4.69) is 25.6 Å². The molecule has 0 atom stereocenters. The second kappa shape index (κ2) is 6.19. The first-order valence-corrected chi connectivity index (χ1v) is 6.24. The van der Waals surface area contributed by atoms with Gasteiger partial charge in [-0.15, -0.1) is 0 Å². The molecule has 0 fully saturated rings. The first-order chi connectivity index (χ1) is 9.20. The molecule has 0 saturated heterocycles. The molecule has 6 nitrogen and oxygen atoms in total. The molecule has 0 spiro atoms. The molecule has 0 unspecified atom stereocenters. The largest absolute Gasteiger partial charge is 0.370 e. The topological polar surface area (TPSA) is 82.7 Å². The maximum atomic E-state index is 12.0. The van der Waals surface area contributed by atoms with Crippen molar-refractivity contribution in [1.82, 2.24) is 20.3 Å². The van der Waals surface area contributed by atoms with Crippen molar-refractivity contribution in [3.05, 3.63) is 41.1 Å². The highest BCUT2D eigenvalue weighted by atomic mass is 35.5. The number of rotatable bonds is 5. The van der Waals surface area contributed by atoms with Crippen LogP contribution in [0.15, 0.2) is 24.7 Å². The molecule has 100 valence electrons. The van der Waals surface area contributed by atoms with Crippen molar-refractivity contribution in [3.8, 4) is 0 Å². The number of nitrogens with one attached hydrogen (secondary N) is 3. The highest BCUT2D eigenvalue weighted by Gasteiger charge is 2.12. The minimum Gasteiger partial charge on any atom is -0.370 e. The molecule has 0 radical (unpaired) electrons. The summed E-state index contributed by atoms with van der Waals surface area (Å²) >= 11 is 5.98. The first-order valence-electron chi connectivity index (χ1n) is 5.86. The van der Waals surface area contributed by atoms with Gasteiger partial charge in [-0.3, -0.25) is 4.79 Å². The predicted molar refractivity (Wildman–Crippen MR) is 73.2 cm³/mol. The van der Waals surface area contributed by atoms with Crippen LogP contribution in [0.1, 0.15) is 23.1 Å². The Morgan fingerprint density at radius 1 is 1.47 bits per heavy atom. The number of amides is 1. The molecule has 2 aromatic rings. The van der Waals surface area contributed by atoms with E-state index in [-0.39, 0.29) is 5.91 Å². The van der Waals surface area contributed by atoms with Crippen LogP contribution >= 0.6 is 11.6 Å². The molecular weight excluding hydrogens is 266 g/mol. The molecule has 3 N–H and O–H groups in total. The molecule has 2 rings (SSSR count). The highest BCUT2D eigenvalue weighted by molar-refractivity contribution is 6.33. The third-order valence-corrected chi connectivity index (χ3v) is 2.73. The Morgan fingerprint density at radius 2 is 2.32 bits per heavy atom. The lowest BCUT2D eigenvalue weighted by Gasteiger charge is -2.08. The van der Waals surface area contributed by atoms with Gasteiger partial charge in [0.05, 0.1) is 17.1 Å². The number of hydrogen-bond acceptors (Lipinski definition) is 4. The van der Waals surface area contributed by atoms with Gasteiger partial charge >= 0.3 is 0 Å². The van der Waals surface area contributed by atoms with Gasteiger partial charge in [0.1, 0.15) is 11.6 Å². The standard InChI is InChI=1S/C12H14ClN5O/c1-2-14-10-5-8(9(13)6-17-10)12(19)18-7-11-15-3-4-16-11/h3-6H,2,7H2,1H3,(H,14,17)(H,15,16)(H,18,19). The van der Waals surface area contributed by atoms with Crippen molar-refractivity contribution in [2.75, 3.05) is 11.9 Å². The van der Waals surface area contributed by atoms with Gasteiger partial charge in [-0.05, 0) is 13.0 Å². The Hall–Kier alpha value is -2.08. The maximum Gasteiger partial charge on any atom is 0.253 e. The van der Waals surface area contributed by atoms with E-state index in [4.69, 9.17) is 11.6 Å². The maximum absolute atomic E-state index is 12.0. The predicted octanol–water partition coefficient (Wildman–Crippen LogP) is 1.82. The van der Waals surface area contributed by atoms with Crippen LogP contribution in [-0.2, 0) is 6.54 Å². The molecular formula is C12H14ClN5O. The fourth-order valence-corrected chi connectivity index (χ4v) is 1.73. The molecule has 0 bridgehead atoms. The molecule has 0 aromatic carbocycles. The van der Waals surface area contributed by atoms with Crippen LogP contribution in [0.4, 0.5) is 5.82 Å². The van der Waals surface area contributed by atoms with Crippen molar-refractivity contribution in [2.45, 2.75) is 13.5 Å². The molecule has 2 heterocycles. The lowest BCUT2D eigenvalue weighted by atomic mass is 10.2. The van der Waals surface area contributed by atoms with Crippen LogP contribution in [-0.4, -0.2) is 27.4 Å². The van der Waals surface area contributed by atoms with E-state index in [1.165, 1.54) is 6.20 Å². The quantitative estimate of drug-likeness (QED) is 0.780. The van der Waals surface area contributed by atoms with Gasteiger partial charge in [-0.1, -0.05) is 11.6 Å². The summed E-state index contributed by atoms with van der Waals surface area (Å²) < 4.78 is 0. The molecule has 0 aliphatic carbocycles. The highest BCUT2D eigenvalue weighted by Crippen LogP contribution is 2.17. The number of imidazole rings is 1. The molecule has 2 aromatic heterocycles. The average Bonchev–Trinajstić information content (AvgIpc) is 2.92. The summed E-state index contributed by atoms with van der Waals surface area (Å²) in [5.74, 6) is 1.04.